The summed E-state index contributed by atoms with van der Waals surface area (Å²) >= 11 is 5.92. The van der Waals surface area contributed by atoms with Gasteiger partial charge in [0.2, 0.25) is 5.91 Å². The Kier molecular flexibility index (Phi) is 4.37. The van der Waals surface area contributed by atoms with Crippen LogP contribution in [0.3, 0.4) is 0 Å². The number of halogens is 1. The van der Waals surface area contributed by atoms with E-state index in [0.717, 1.165) is 0 Å². The number of carbonyl (C=O) groups is 2. The number of aliphatic carboxylic acids is 1. The van der Waals surface area contributed by atoms with Crippen molar-refractivity contribution in [2.75, 3.05) is 5.32 Å². The number of nitrogens with zero attached hydrogens (tertiary/aromatic N) is 1. The molecule has 1 saturated carbocycles. The molecular formula is C13H15ClN2O3. The first-order valence-corrected chi connectivity index (χ1v) is 6.60. The molecule has 1 aliphatic rings. The van der Waals surface area contributed by atoms with E-state index in [1.54, 1.807) is 18.3 Å². The zero-order valence-electron chi connectivity index (χ0n) is 10.3. The Hall–Kier alpha value is -1.62. The van der Waals surface area contributed by atoms with E-state index in [-0.39, 0.29) is 17.7 Å². The van der Waals surface area contributed by atoms with Gasteiger partial charge in [0.15, 0.2) is 5.82 Å². The molecule has 1 fully saturated rings. The first kappa shape index (κ1) is 13.8. The lowest BCUT2D eigenvalue weighted by atomic mass is 9.81. The van der Waals surface area contributed by atoms with Crippen LogP contribution in [0.25, 0.3) is 0 Å². The number of rotatable bonds is 3. The number of hydrogen-bond donors (Lipinski definition) is 2. The molecule has 2 N–H and O–H groups in total. The highest BCUT2D eigenvalue weighted by molar-refractivity contribution is 6.33. The maximum atomic E-state index is 12.0. The molecule has 0 radical (unpaired) electrons. The van der Waals surface area contributed by atoms with Crippen LogP contribution in [-0.4, -0.2) is 22.0 Å². The minimum absolute atomic E-state index is 0.135. The van der Waals surface area contributed by atoms with Crippen LogP contribution in [0.1, 0.15) is 25.7 Å². The van der Waals surface area contributed by atoms with Gasteiger partial charge in [0.05, 0.1) is 10.9 Å². The van der Waals surface area contributed by atoms with Crippen LogP contribution in [0.2, 0.25) is 5.02 Å². The predicted molar refractivity (Wildman–Crippen MR) is 71.0 cm³/mol. The number of aromatic nitrogens is 1. The number of nitrogens with one attached hydrogen (secondary N) is 1. The van der Waals surface area contributed by atoms with Crippen molar-refractivity contribution in [3.63, 3.8) is 0 Å². The van der Waals surface area contributed by atoms with Gasteiger partial charge in [-0.05, 0) is 37.8 Å². The fraction of sp³-hybridized carbons (Fsp3) is 0.462. The third-order valence-electron chi connectivity index (χ3n) is 3.45. The summed E-state index contributed by atoms with van der Waals surface area (Å²) in [5, 5.41) is 12.0. The van der Waals surface area contributed by atoms with E-state index in [2.05, 4.69) is 10.3 Å². The fourth-order valence-corrected chi connectivity index (χ4v) is 2.47. The van der Waals surface area contributed by atoms with Crippen molar-refractivity contribution < 1.29 is 14.7 Å². The Labute approximate surface area is 116 Å². The summed E-state index contributed by atoms with van der Waals surface area (Å²) in [6.07, 6.45) is 3.83. The van der Waals surface area contributed by atoms with Gasteiger partial charge < -0.3 is 10.4 Å². The molecule has 5 nitrogen and oxygen atoms in total. The number of carboxylic acid groups (broad SMARTS) is 1. The van der Waals surface area contributed by atoms with Crippen LogP contribution in [0.5, 0.6) is 0 Å². The van der Waals surface area contributed by atoms with Gasteiger partial charge in [-0.15, -0.1) is 0 Å². The summed E-state index contributed by atoms with van der Waals surface area (Å²) in [5.41, 5.74) is 0. The van der Waals surface area contributed by atoms with Gasteiger partial charge in [0, 0.05) is 12.1 Å². The zero-order chi connectivity index (χ0) is 13.8. The van der Waals surface area contributed by atoms with Crippen molar-refractivity contribution in [2.45, 2.75) is 25.7 Å². The Morgan fingerprint density at radius 2 is 1.89 bits per heavy atom. The van der Waals surface area contributed by atoms with E-state index in [4.69, 9.17) is 16.7 Å². The van der Waals surface area contributed by atoms with E-state index in [1.807, 2.05) is 0 Å². The van der Waals surface area contributed by atoms with E-state index >= 15 is 0 Å². The average molecular weight is 283 g/mol. The third kappa shape index (κ3) is 3.44. The molecule has 6 heteroatoms. The molecule has 2 rings (SSSR count). The molecule has 1 aromatic rings. The van der Waals surface area contributed by atoms with Crippen molar-refractivity contribution in [1.29, 1.82) is 0 Å². The molecule has 0 saturated heterocycles. The van der Waals surface area contributed by atoms with E-state index < -0.39 is 5.97 Å². The van der Waals surface area contributed by atoms with Crippen molar-refractivity contribution in [1.82, 2.24) is 4.98 Å². The maximum absolute atomic E-state index is 12.0. The summed E-state index contributed by atoms with van der Waals surface area (Å²) < 4.78 is 0. The number of hydrogen-bond acceptors (Lipinski definition) is 3. The van der Waals surface area contributed by atoms with Crippen molar-refractivity contribution in [3.8, 4) is 0 Å². The smallest absolute Gasteiger partial charge is 0.306 e. The van der Waals surface area contributed by atoms with Crippen LogP contribution in [0.4, 0.5) is 5.82 Å². The van der Waals surface area contributed by atoms with Crippen LogP contribution >= 0.6 is 11.6 Å². The number of carboxylic acids is 1. The molecule has 0 aromatic carbocycles. The summed E-state index contributed by atoms with van der Waals surface area (Å²) in [4.78, 5) is 26.9. The molecule has 1 amide bonds. The highest BCUT2D eigenvalue weighted by atomic mass is 35.5. The van der Waals surface area contributed by atoms with E-state index in [0.29, 0.717) is 36.5 Å². The molecule has 0 atom stereocenters. The number of amides is 1. The summed E-state index contributed by atoms with van der Waals surface area (Å²) in [6.45, 7) is 0. The fourth-order valence-electron chi connectivity index (χ4n) is 2.30. The molecule has 0 aliphatic heterocycles. The van der Waals surface area contributed by atoms with Gasteiger partial charge in [-0.1, -0.05) is 11.6 Å². The first-order chi connectivity index (χ1) is 9.08. The van der Waals surface area contributed by atoms with Crippen LogP contribution < -0.4 is 5.32 Å². The Morgan fingerprint density at radius 1 is 1.26 bits per heavy atom. The normalized spacial score (nSPS) is 22.8. The van der Waals surface area contributed by atoms with Crippen LogP contribution in [0, 0.1) is 11.8 Å². The summed E-state index contributed by atoms with van der Waals surface area (Å²) in [7, 11) is 0. The van der Waals surface area contributed by atoms with Crippen LogP contribution in [-0.2, 0) is 9.59 Å². The number of pyridine rings is 1. The van der Waals surface area contributed by atoms with Crippen molar-refractivity contribution in [3.05, 3.63) is 23.4 Å². The molecule has 0 unspecified atom stereocenters. The van der Waals surface area contributed by atoms with Gasteiger partial charge in [0.25, 0.3) is 0 Å². The lowest BCUT2D eigenvalue weighted by molar-refractivity contribution is -0.143. The van der Waals surface area contributed by atoms with Gasteiger partial charge >= 0.3 is 5.97 Å². The second kappa shape index (κ2) is 6.02. The highest BCUT2D eigenvalue weighted by Crippen LogP contribution is 2.30. The lowest BCUT2D eigenvalue weighted by Crippen LogP contribution is -2.29. The van der Waals surface area contributed by atoms with E-state index in [1.165, 1.54) is 0 Å². The van der Waals surface area contributed by atoms with E-state index in [9.17, 15) is 9.59 Å². The van der Waals surface area contributed by atoms with Gasteiger partial charge in [-0.25, -0.2) is 4.98 Å². The second-order valence-corrected chi connectivity index (χ2v) is 5.12. The van der Waals surface area contributed by atoms with Gasteiger partial charge in [-0.2, -0.15) is 0 Å². The molecule has 19 heavy (non-hydrogen) atoms. The molecular weight excluding hydrogens is 268 g/mol. The predicted octanol–water partition coefficient (Wildman–Crippen LogP) is 2.56. The quantitative estimate of drug-likeness (QED) is 0.893. The Balaban J connectivity index is 1.92. The molecule has 0 bridgehead atoms. The summed E-state index contributed by atoms with van der Waals surface area (Å²) in [5.74, 6) is -1.03. The number of anilines is 1. The maximum Gasteiger partial charge on any atom is 0.306 e. The minimum atomic E-state index is -0.772. The largest absolute Gasteiger partial charge is 0.481 e. The molecule has 102 valence electrons. The molecule has 1 heterocycles. The molecule has 1 aromatic heterocycles. The average Bonchev–Trinajstić information content (AvgIpc) is 2.41. The minimum Gasteiger partial charge on any atom is -0.481 e. The second-order valence-electron chi connectivity index (χ2n) is 4.71. The molecule has 0 spiro atoms. The van der Waals surface area contributed by atoms with Gasteiger partial charge in [0.1, 0.15) is 0 Å². The Bertz CT molecular complexity index is 485. The standard InChI is InChI=1S/C13H15ClN2O3/c14-10-2-1-7-15-11(10)16-12(17)8-3-5-9(6-4-8)13(18)19/h1-2,7-9H,3-6H2,(H,18,19)(H,15,16,17). The van der Waals surface area contributed by atoms with Gasteiger partial charge in [-0.3, -0.25) is 9.59 Å². The highest BCUT2D eigenvalue weighted by Gasteiger charge is 2.29. The molecule has 1 aliphatic carbocycles. The Morgan fingerprint density at radius 3 is 2.47 bits per heavy atom. The number of carbonyl (C=O) groups excluding carboxylic acids is 1. The lowest BCUT2D eigenvalue weighted by Gasteiger charge is -2.25. The van der Waals surface area contributed by atoms with Crippen LogP contribution in [0.15, 0.2) is 18.3 Å². The monoisotopic (exact) mass is 282 g/mol. The van der Waals surface area contributed by atoms with Crippen molar-refractivity contribution in [2.24, 2.45) is 11.8 Å². The zero-order valence-corrected chi connectivity index (χ0v) is 11.1. The SMILES string of the molecule is O=C(O)C1CCC(C(=O)Nc2ncccc2Cl)CC1. The third-order valence-corrected chi connectivity index (χ3v) is 3.75. The topological polar surface area (TPSA) is 79.3 Å². The van der Waals surface area contributed by atoms with Crippen molar-refractivity contribution >= 4 is 29.3 Å². The summed E-state index contributed by atoms with van der Waals surface area (Å²) in [6, 6.07) is 3.35. The first-order valence-electron chi connectivity index (χ1n) is 6.22.